The molecule has 0 bridgehead atoms. The molecule has 9 heteroatoms. The zero-order valence-corrected chi connectivity index (χ0v) is 17.7. The number of pyridine rings is 1. The minimum Gasteiger partial charge on any atom is -0.352 e. The first kappa shape index (κ1) is 22.7. The summed E-state index contributed by atoms with van der Waals surface area (Å²) in [7, 11) is 0. The summed E-state index contributed by atoms with van der Waals surface area (Å²) < 4.78 is 40.9. The highest BCUT2D eigenvalue weighted by atomic mass is 35.5. The smallest absolute Gasteiger partial charge is 0.352 e. The highest BCUT2D eigenvalue weighted by molar-refractivity contribution is 6.42. The number of hydrogen-bond acceptors (Lipinski definition) is 3. The van der Waals surface area contributed by atoms with Crippen LogP contribution in [0.25, 0.3) is 0 Å². The molecule has 1 aliphatic rings. The number of nitrogens with one attached hydrogen (secondary N) is 2. The van der Waals surface area contributed by atoms with E-state index >= 15 is 0 Å². The lowest BCUT2D eigenvalue weighted by Crippen LogP contribution is -2.31. The number of benzene rings is 1. The predicted octanol–water partition coefficient (Wildman–Crippen LogP) is 6.85. The van der Waals surface area contributed by atoms with E-state index in [-0.39, 0.29) is 10.8 Å². The second-order valence-electron chi connectivity index (χ2n) is 7.43. The van der Waals surface area contributed by atoms with E-state index in [1.807, 2.05) is 0 Å². The van der Waals surface area contributed by atoms with Crippen molar-refractivity contribution in [3.63, 3.8) is 0 Å². The van der Waals surface area contributed by atoms with Crippen LogP contribution >= 0.6 is 23.2 Å². The molecular formula is C21H22Cl2F3N3O. The van der Waals surface area contributed by atoms with Crippen LogP contribution in [0.4, 0.5) is 24.7 Å². The standard InChI is InChI=1S/C21H22Cl2F3N3O/c22-17-8-7-14(9-18(17)23)29-19-10-16(21(24,25)26)15(12-27-19)20(30)28-11-13-5-3-1-2-4-6-13/h7-10,12-13H,1-6,11H2,(H,27,29)(H,28,30). The number of carbonyl (C=O) groups is 1. The van der Waals surface area contributed by atoms with Gasteiger partial charge in [-0.1, -0.05) is 48.9 Å². The van der Waals surface area contributed by atoms with Gasteiger partial charge in [-0.3, -0.25) is 4.79 Å². The van der Waals surface area contributed by atoms with Gasteiger partial charge < -0.3 is 10.6 Å². The first-order valence-electron chi connectivity index (χ1n) is 9.81. The molecule has 0 aliphatic heterocycles. The van der Waals surface area contributed by atoms with Crippen LogP contribution in [0.2, 0.25) is 10.0 Å². The fourth-order valence-corrected chi connectivity index (χ4v) is 3.86. The Morgan fingerprint density at radius 2 is 1.77 bits per heavy atom. The second kappa shape index (κ2) is 9.88. The van der Waals surface area contributed by atoms with Gasteiger partial charge in [0.2, 0.25) is 0 Å². The molecular weight excluding hydrogens is 438 g/mol. The van der Waals surface area contributed by atoms with E-state index in [1.54, 1.807) is 6.07 Å². The molecule has 30 heavy (non-hydrogen) atoms. The molecule has 1 amide bonds. The quantitative estimate of drug-likeness (QED) is 0.480. The molecule has 1 aromatic heterocycles. The van der Waals surface area contributed by atoms with Crippen molar-refractivity contribution in [3.05, 3.63) is 51.6 Å². The summed E-state index contributed by atoms with van der Waals surface area (Å²) in [5, 5.41) is 6.00. The minimum absolute atomic E-state index is 0.0546. The summed E-state index contributed by atoms with van der Waals surface area (Å²) in [4.78, 5) is 16.5. The molecule has 162 valence electrons. The Labute approximate surface area is 183 Å². The fraction of sp³-hybridized carbons (Fsp3) is 0.429. The monoisotopic (exact) mass is 459 g/mol. The first-order chi connectivity index (χ1) is 14.2. The van der Waals surface area contributed by atoms with Crippen molar-refractivity contribution >= 4 is 40.6 Å². The predicted molar refractivity (Wildman–Crippen MR) is 113 cm³/mol. The summed E-state index contributed by atoms with van der Waals surface area (Å²) in [6, 6.07) is 5.39. The summed E-state index contributed by atoms with van der Waals surface area (Å²) in [6.45, 7) is 0.374. The number of carbonyl (C=O) groups excluding carboxylic acids is 1. The lowest BCUT2D eigenvalue weighted by molar-refractivity contribution is -0.137. The molecule has 0 radical (unpaired) electrons. The lowest BCUT2D eigenvalue weighted by atomic mass is 10.00. The Balaban J connectivity index is 1.76. The summed E-state index contributed by atoms with van der Waals surface area (Å²) in [5.41, 5.74) is -1.11. The Bertz CT molecular complexity index is 898. The van der Waals surface area contributed by atoms with Crippen LogP contribution in [0.3, 0.4) is 0 Å². The molecule has 1 fully saturated rings. The van der Waals surface area contributed by atoms with Crippen molar-refractivity contribution in [3.8, 4) is 0 Å². The number of amides is 1. The zero-order chi connectivity index (χ0) is 21.7. The Morgan fingerprint density at radius 1 is 1.07 bits per heavy atom. The number of nitrogens with zero attached hydrogens (tertiary/aromatic N) is 1. The van der Waals surface area contributed by atoms with Crippen LogP contribution in [0, 0.1) is 5.92 Å². The van der Waals surface area contributed by atoms with Crippen molar-refractivity contribution in [1.82, 2.24) is 10.3 Å². The van der Waals surface area contributed by atoms with Crippen LogP contribution in [-0.2, 0) is 6.18 Å². The molecule has 2 aromatic rings. The topological polar surface area (TPSA) is 54.0 Å². The molecule has 0 unspecified atom stereocenters. The van der Waals surface area contributed by atoms with Crippen molar-refractivity contribution in [2.24, 2.45) is 5.92 Å². The Kier molecular flexibility index (Phi) is 7.47. The maximum Gasteiger partial charge on any atom is 0.417 e. The number of anilines is 2. The molecule has 1 aromatic carbocycles. The Morgan fingerprint density at radius 3 is 2.40 bits per heavy atom. The number of hydrogen-bond donors (Lipinski definition) is 2. The van der Waals surface area contributed by atoms with Gasteiger partial charge >= 0.3 is 6.18 Å². The number of rotatable bonds is 5. The molecule has 0 atom stereocenters. The Hall–Kier alpha value is -1.99. The number of alkyl halides is 3. The van der Waals surface area contributed by atoms with Gasteiger partial charge in [-0.15, -0.1) is 0 Å². The minimum atomic E-state index is -4.70. The molecule has 4 nitrogen and oxygen atoms in total. The van der Waals surface area contributed by atoms with Gasteiger partial charge in [0.05, 0.1) is 21.2 Å². The van der Waals surface area contributed by atoms with Gasteiger partial charge in [0, 0.05) is 18.4 Å². The van der Waals surface area contributed by atoms with Gasteiger partial charge in [0.1, 0.15) is 5.82 Å². The molecule has 2 N–H and O–H groups in total. The van der Waals surface area contributed by atoms with Crippen molar-refractivity contribution in [2.75, 3.05) is 11.9 Å². The summed E-state index contributed by atoms with van der Waals surface area (Å²) >= 11 is 11.8. The first-order valence-corrected chi connectivity index (χ1v) is 10.6. The SMILES string of the molecule is O=C(NCC1CCCCCC1)c1cnc(Nc2ccc(Cl)c(Cl)c2)cc1C(F)(F)F. The molecule has 3 rings (SSSR count). The van der Waals surface area contributed by atoms with E-state index in [9.17, 15) is 18.0 Å². The van der Waals surface area contributed by atoms with E-state index < -0.39 is 23.2 Å². The van der Waals surface area contributed by atoms with Gasteiger partial charge in [0.25, 0.3) is 5.91 Å². The highest BCUT2D eigenvalue weighted by Crippen LogP contribution is 2.34. The maximum absolute atomic E-state index is 13.6. The third kappa shape index (κ3) is 6.01. The highest BCUT2D eigenvalue weighted by Gasteiger charge is 2.36. The molecule has 0 saturated heterocycles. The van der Waals surface area contributed by atoms with Crippen molar-refractivity contribution in [2.45, 2.75) is 44.7 Å². The molecule has 0 spiro atoms. The summed E-state index contributed by atoms with van der Waals surface area (Å²) in [5.74, 6) is -0.518. The van der Waals surface area contributed by atoms with Gasteiger partial charge in [-0.25, -0.2) is 4.98 Å². The normalized spacial score (nSPS) is 15.5. The molecule has 1 heterocycles. The van der Waals surface area contributed by atoms with Crippen LogP contribution in [0.5, 0.6) is 0 Å². The van der Waals surface area contributed by atoms with Crippen molar-refractivity contribution < 1.29 is 18.0 Å². The average molecular weight is 460 g/mol. The number of aromatic nitrogens is 1. The van der Waals surface area contributed by atoms with Crippen LogP contribution in [-0.4, -0.2) is 17.4 Å². The third-order valence-corrected chi connectivity index (χ3v) is 5.91. The van der Waals surface area contributed by atoms with E-state index in [4.69, 9.17) is 23.2 Å². The van der Waals surface area contributed by atoms with Crippen LogP contribution < -0.4 is 10.6 Å². The van der Waals surface area contributed by atoms with E-state index in [0.29, 0.717) is 23.2 Å². The third-order valence-electron chi connectivity index (χ3n) is 5.17. The second-order valence-corrected chi connectivity index (χ2v) is 8.25. The number of halogens is 5. The summed E-state index contributed by atoms with van der Waals surface area (Å²) in [6.07, 6.45) is 2.72. The van der Waals surface area contributed by atoms with Crippen LogP contribution in [0.15, 0.2) is 30.5 Å². The zero-order valence-electron chi connectivity index (χ0n) is 16.2. The van der Waals surface area contributed by atoms with Crippen molar-refractivity contribution in [1.29, 1.82) is 0 Å². The molecule has 1 aliphatic carbocycles. The van der Waals surface area contributed by atoms with E-state index in [2.05, 4.69) is 15.6 Å². The van der Waals surface area contributed by atoms with Crippen LogP contribution in [0.1, 0.15) is 54.4 Å². The van der Waals surface area contributed by atoms with Gasteiger partial charge in [-0.2, -0.15) is 13.2 Å². The maximum atomic E-state index is 13.6. The average Bonchev–Trinajstić information content (AvgIpc) is 2.97. The van der Waals surface area contributed by atoms with Gasteiger partial charge in [-0.05, 0) is 43.0 Å². The largest absolute Gasteiger partial charge is 0.417 e. The van der Waals surface area contributed by atoms with E-state index in [1.165, 1.54) is 25.0 Å². The molecule has 1 saturated carbocycles. The van der Waals surface area contributed by atoms with Gasteiger partial charge in [0.15, 0.2) is 0 Å². The lowest BCUT2D eigenvalue weighted by Gasteiger charge is -2.17. The fourth-order valence-electron chi connectivity index (χ4n) is 3.56. The van der Waals surface area contributed by atoms with E-state index in [0.717, 1.165) is 37.9 Å².